The van der Waals surface area contributed by atoms with Crippen LogP contribution in [0.15, 0.2) is 6.07 Å². The number of nitro groups is 1. The molecule has 0 saturated carbocycles. The molecule has 1 aromatic heterocycles. The van der Waals surface area contributed by atoms with Gasteiger partial charge in [0.15, 0.2) is 6.07 Å². The Balaban J connectivity index is 3.37. The van der Waals surface area contributed by atoms with Gasteiger partial charge in [-0.05, 0) is 12.8 Å². The molecule has 0 aliphatic heterocycles. The maximum absolute atomic E-state index is 10.5. The van der Waals surface area contributed by atoms with Gasteiger partial charge in [0.25, 0.3) is 0 Å². The highest BCUT2D eigenvalue weighted by atomic mass is 35.5. The van der Waals surface area contributed by atoms with Gasteiger partial charge >= 0.3 is 5.69 Å². The number of nitriles is 1. The van der Waals surface area contributed by atoms with Crippen LogP contribution in [0.5, 0.6) is 0 Å². The smallest absolute Gasteiger partial charge is 0.258 e. The van der Waals surface area contributed by atoms with Gasteiger partial charge in [-0.2, -0.15) is 5.26 Å². The van der Waals surface area contributed by atoms with E-state index in [1.165, 1.54) is 6.07 Å². The number of aromatic nitrogens is 1. The van der Waals surface area contributed by atoms with E-state index in [0.717, 1.165) is 0 Å². The zero-order valence-corrected chi connectivity index (χ0v) is 8.37. The van der Waals surface area contributed by atoms with Crippen LogP contribution in [0.2, 0.25) is 5.15 Å². The van der Waals surface area contributed by atoms with E-state index in [9.17, 15) is 10.1 Å². The van der Waals surface area contributed by atoms with E-state index in [0.29, 0.717) is 11.3 Å². The third-order valence-electron chi connectivity index (χ3n) is 1.60. The maximum Gasteiger partial charge on any atom is 0.307 e. The fourth-order valence-electron chi connectivity index (χ4n) is 0.915. The van der Waals surface area contributed by atoms with E-state index >= 15 is 0 Å². The first-order valence-electron chi connectivity index (χ1n) is 3.78. The summed E-state index contributed by atoms with van der Waals surface area (Å²) in [6.45, 7) is 1.61. The first kappa shape index (κ1) is 11.0. The molecule has 0 amide bonds. The average Bonchev–Trinajstić information content (AvgIpc) is 2.16. The Morgan fingerprint density at radius 1 is 1.67 bits per heavy atom. The molecule has 74 valence electrons. The van der Waals surface area contributed by atoms with Crippen molar-refractivity contribution in [2.75, 3.05) is 0 Å². The van der Waals surface area contributed by atoms with Gasteiger partial charge in [0, 0.05) is 12.0 Å². The quantitative estimate of drug-likeness (QED) is 0.314. The van der Waals surface area contributed by atoms with Gasteiger partial charge in [-0.25, -0.2) is 4.98 Å². The van der Waals surface area contributed by atoms with Crippen molar-refractivity contribution in [3.05, 3.63) is 32.6 Å². The highest BCUT2D eigenvalue weighted by Crippen LogP contribution is 2.23. The van der Waals surface area contributed by atoms with Gasteiger partial charge in [-0.15, -0.1) is 0 Å². The molecule has 0 aliphatic rings. The minimum Gasteiger partial charge on any atom is -0.258 e. The van der Waals surface area contributed by atoms with E-state index in [1.54, 1.807) is 13.0 Å². The van der Waals surface area contributed by atoms with E-state index in [-0.39, 0.29) is 10.8 Å². The molecule has 0 saturated heterocycles. The summed E-state index contributed by atoms with van der Waals surface area (Å²) in [4.78, 5) is 13.6. The Bertz CT molecular complexity index is 523. The van der Waals surface area contributed by atoms with Crippen molar-refractivity contribution in [2.45, 2.75) is 6.92 Å². The molecule has 5 nitrogen and oxygen atoms in total. The van der Waals surface area contributed by atoms with E-state index < -0.39 is 4.92 Å². The van der Waals surface area contributed by atoms with Crippen LogP contribution in [-0.2, 0) is 0 Å². The second kappa shape index (κ2) is 4.41. The summed E-state index contributed by atoms with van der Waals surface area (Å²) >= 11 is 5.56. The summed E-state index contributed by atoms with van der Waals surface area (Å²) in [5, 5.41) is 18.6. The number of nitrogens with zero attached hydrogens (tertiary/aromatic N) is 3. The number of halogens is 1. The highest BCUT2D eigenvalue weighted by molar-refractivity contribution is 6.31. The van der Waals surface area contributed by atoms with Gasteiger partial charge in [-0.3, -0.25) is 10.1 Å². The lowest BCUT2D eigenvalue weighted by molar-refractivity contribution is -0.385. The lowest BCUT2D eigenvalue weighted by atomic mass is 10.2. The third-order valence-corrected chi connectivity index (χ3v) is 1.88. The number of aryl methyl sites for hydroxylation is 1. The fourth-order valence-corrected chi connectivity index (χ4v) is 1.17. The van der Waals surface area contributed by atoms with Crippen molar-refractivity contribution in [1.82, 2.24) is 4.98 Å². The molecular weight excluding hydrogens is 218 g/mol. The predicted molar refractivity (Wildman–Crippen MR) is 53.1 cm³/mol. The molecule has 0 aromatic carbocycles. The Hall–Kier alpha value is -2.11. The molecular formula is C9H4ClN3O2. The fraction of sp³-hybridized carbons (Fsp3) is 0.111. The summed E-state index contributed by atoms with van der Waals surface area (Å²) in [6.07, 6.45) is 0. The average molecular weight is 222 g/mol. The van der Waals surface area contributed by atoms with Crippen molar-refractivity contribution >= 4 is 17.3 Å². The van der Waals surface area contributed by atoms with Crippen LogP contribution in [0.3, 0.4) is 0 Å². The zero-order valence-electron chi connectivity index (χ0n) is 7.61. The molecule has 1 rings (SSSR count). The molecule has 0 bridgehead atoms. The van der Waals surface area contributed by atoms with Gasteiger partial charge in [-0.1, -0.05) is 11.6 Å². The Kier molecular flexibility index (Phi) is 3.22. The lowest BCUT2D eigenvalue weighted by Gasteiger charge is -1.99. The number of pyridine rings is 1. The van der Waals surface area contributed by atoms with Crippen molar-refractivity contribution in [1.29, 1.82) is 5.26 Å². The van der Waals surface area contributed by atoms with Crippen LogP contribution in [0.25, 0.3) is 0 Å². The molecule has 0 atom stereocenters. The molecule has 0 N–H and O–H groups in total. The van der Waals surface area contributed by atoms with Crippen LogP contribution in [0.4, 0.5) is 5.69 Å². The van der Waals surface area contributed by atoms with Crippen molar-refractivity contribution in [3.63, 3.8) is 0 Å². The largest absolute Gasteiger partial charge is 0.307 e. The van der Waals surface area contributed by atoms with E-state index in [1.807, 2.05) is 0 Å². The van der Waals surface area contributed by atoms with Crippen molar-refractivity contribution in [3.8, 4) is 17.9 Å². The molecule has 6 heteroatoms. The summed E-state index contributed by atoms with van der Waals surface area (Å²) < 4.78 is 0. The van der Waals surface area contributed by atoms with E-state index in [4.69, 9.17) is 16.9 Å². The predicted octanol–water partition coefficient (Wildman–Crippen LogP) is 1.83. The minimum atomic E-state index is -0.647. The zero-order chi connectivity index (χ0) is 11.4. The molecule has 1 aromatic rings. The van der Waals surface area contributed by atoms with E-state index in [2.05, 4.69) is 16.8 Å². The van der Waals surface area contributed by atoms with Crippen LogP contribution in [0, 0.1) is 40.2 Å². The van der Waals surface area contributed by atoms with Gasteiger partial charge in [0.2, 0.25) is 5.15 Å². The van der Waals surface area contributed by atoms with Crippen LogP contribution < -0.4 is 0 Å². The molecule has 1 heterocycles. The van der Waals surface area contributed by atoms with Crippen LogP contribution in [-0.4, -0.2) is 9.91 Å². The second-order valence-corrected chi connectivity index (χ2v) is 2.91. The summed E-state index contributed by atoms with van der Waals surface area (Å²) in [5.74, 6) is 4.59. The monoisotopic (exact) mass is 221 g/mol. The normalized spacial score (nSPS) is 8.60. The van der Waals surface area contributed by atoms with Gasteiger partial charge in [0.05, 0.1) is 16.2 Å². The third kappa shape index (κ3) is 2.43. The second-order valence-electron chi connectivity index (χ2n) is 2.55. The SMILES string of the molecule is Cc1nc(Cl)c([N+](=O)[O-])cc1C#CC#N. The van der Waals surface area contributed by atoms with Gasteiger partial charge in [0.1, 0.15) is 0 Å². The lowest BCUT2D eigenvalue weighted by Crippen LogP contribution is -1.96. The standard InChI is InChI=1S/C9H4ClN3O2/c1-6-7(3-2-4-11)5-8(13(14)15)9(10)12-6/h5H,1H3. The number of rotatable bonds is 1. The number of hydrogen-bond acceptors (Lipinski definition) is 4. The molecule has 0 fully saturated rings. The summed E-state index contributed by atoms with van der Waals surface area (Å²) in [6, 6.07) is 2.82. The van der Waals surface area contributed by atoms with Gasteiger partial charge < -0.3 is 0 Å². The Morgan fingerprint density at radius 3 is 2.87 bits per heavy atom. The van der Waals surface area contributed by atoms with Crippen LogP contribution >= 0.6 is 11.6 Å². The molecule has 0 unspecified atom stereocenters. The summed E-state index contributed by atoms with van der Waals surface area (Å²) in [7, 11) is 0. The maximum atomic E-state index is 10.5. The molecule has 0 aliphatic carbocycles. The van der Waals surface area contributed by atoms with Crippen LogP contribution in [0.1, 0.15) is 11.3 Å². The molecule has 0 spiro atoms. The minimum absolute atomic E-state index is 0.181. The van der Waals surface area contributed by atoms with Crippen molar-refractivity contribution in [2.24, 2.45) is 0 Å². The Labute approximate surface area is 90.5 Å². The Morgan fingerprint density at radius 2 is 2.33 bits per heavy atom. The number of hydrogen-bond donors (Lipinski definition) is 0. The first-order chi connectivity index (χ1) is 7.06. The molecule has 15 heavy (non-hydrogen) atoms. The summed E-state index contributed by atoms with van der Waals surface area (Å²) in [5.41, 5.74) is 0.463. The molecule has 0 radical (unpaired) electrons. The van der Waals surface area contributed by atoms with Crippen molar-refractivity contribution < 1.29 is 4.92 Å². The topological polar surface area (TPSA) is 79.8 Å². The highest BCUT2D eigenvalue weighted by Gasteiger charge is 2.15. The first-order valence-corrected chi connectivity index (χ1v) is 4.15.